The molecule has 1 aliphatic carbocycles. The number of halogens is 1. The van der Waals surface area contributed by atoms with Gasteiger partial charge in [0.25, 0.3) is 0 Å². The van der Waals surface area contributed by atoms with Crippen molar-refractivity contribution in [3.05, 3.63) is 66.0 Å². The number of ether oxygens (including phenoxy) is 2. The van der Waals surface area contributed by atoms with Gasteiger partial charge in [-0.2, -0.15) is 0 Å². The molecule has 1 heterocycles. The van der Waals surface area contributed by atoms with Gasteiger partial charge in [0.1, 0.15) is 14.1 Å². The number of nitrogens with zero attached hydrogens (tertiary/aromatic N) is 3. The largest absolute Gasteiger partial charge is 1.00 e. The molecule has 0 radical (unpaired) electrons. The fourth-order valence-electron chi connectivity index (χ4n) is 4.65. The first-order valence-electron chi connectivity index (χ1n) is 12.1. The molecule has 3 aromatic rings. The second-order valence-corrected chi connectivity index (χ2v) is 10.5. The van der Waals surface area contributed by atoms with Crippen LogP contribution in [0.15, 0.2) is 60.7 Å². The number of rotatable bonds is 5. The number of hydrogen-bond donors (Lipinski definition) is 2. The molecule has 1 aliphatic heterocycles. The van der Waals surface area contributed by atoms with Crippen molar-refractivity contribution < 1.29 is 32.1 Å². The maximum atomic E-state index is 10.2. The van der Waals surface area contributed by atoms with Crippen LogP contribution in [-0.2, 0) is 0 Å². The van der Waals surface area contributed by atoms with Gasteiger partial charge in [0.15, 0.2) is 23.0 Å². The Kier molecular flexibility index (Phi) is 7.90. The zero-order valence-electron chi connectivity index (χ0n) is 22.6. The molecule has 0 unspecified atom stereocenters. The first-order chi connectivity index (χ1) is 18.2. The first-order valence-corrected chi connectivity index (χ1v) is 12.9. The monoisotopic (exact) mass is 563 g/mol. The number of phenolic OH excluding ortho intramolecular Hbond substituents is 2. The molecule has 3 aromatic carbocycles. The Labute approximate surface area is 237 Å². The highest BCUT2D eigenvalue weighted by Crippen LogP contribution is 2.43. The molecule has 2 N–H and O–H groups in total. The quantitative estimate of drug-likeness (QED) is 0.252. The fourth-order valence-corrected chi connectivity index (χ4v) is 5.79. The van der Waals surface area contributed by atoms with Crippen LogP contribution in [0.5, 0.6) is 23.0 Å². The van der Waals surface area contributed by atoms with Crippen molar-refractivity contribution in [3.63, 3.8) is 0 Å². The Hall–Kier alpha value is -4.01. The van der Waals surface area contributed by atoms with E-state index in [9.17, 15) is 10.2 Å². The minimum Gasteiger partial charge on any atom is -1.00 e. The third kappa shape index (κ3) is 5.05. The van der Waals surface area contributed by atoms with Gasteiger partial charge in [-0.25, -0.2) is 9.56 Å². The van der Waals surface area contributed by atoms with Crippen molar-refractivity contribution in [1.82, 2.24) is 9.56 Å². The third-order valence-corrected chi connectivity index (χ3v) is 7.73. The fraction of sp³-hybridized carbons (Fsp3) is 0.200. The molecule has 0 saturated carbocycles. The maximum absolute atomic E-state index is 10.2. The molecule has 0 fully saturated rings. The van der Waals surface area contributed by atoms with Crippen molar-refractivity contribution >= 4 is 27.2 Å². The van der Waals surface area contributed by atoms with Gasteiger partial charge in [0, 0.05) is 31.4 Å². The molecule has 5 rings (SSSR count). The average Bonchev–Trinajstić information content (AvgIpc) is 2.91. The summed E-state index contributed by atoms with van der Waals surface area (Å²) in [6.07, 6.45) is 0. The molecule has 0 atom stereocenters. The van der Waals surface area contributed by atoms with Crippen LogP contribution in [0.2, 0.25) is 0 Å². The number of hydrogen-bond acceptors (Lipinski definition) is 7. The zero-order chi connectivity index (χ0) is 27.1. The molecular weight excluding hydrogens is 534 g/mol. The van der Waals surface area contributed by atoms with Gasteiger partial charge in [-0.05, 0) is 53.6 Å². The average molecular weight is 564 g/mol. The van der Waals surface area contributed by atoms with Crippen molar-refractivity contribution in [3.8, 4) is 55.8 Å². The summed E-state index contributed by atoms with van der Waals surface area (Å²) in [6, 6.07) is 19.2. The Morgan fingerprint density at radius 2 is 1.44 bits per heavy atom. The zero-order valence-corrected chi connectivity index (χ0v) is 24.2. The second-order valence-electron chi connectivity index (χ2n) is 9.42. The first kappa shape index (κ1) is 28.0. The summed E-state index contributed by atoms with van der Waals surface area (Å²) in [6.45, 7) is 0. The van der Waals surface area contributed by atoms with Crippen LogP contribution in [0.4, 0.5) is 5.69 Å². The van der Waals surface area contributed by atoms with Crippen LogP contribution >= 0.6 is 11.3 Å². The molecule has 7 nitrogen and oxygen atoms in total. The summed E-state index contributed by atoms with van der Waals surface area (Å²) in [4.78, 5) is 8.20. The maximum Gasteiger partial charge on any atom is 0.208 e. The molecule has 9 heteroatoms. The van der Waals surface area contributed by atoms with Crippen molar-refractivity contribution in [2.24, 2.45) is 0 Å². The lowest BCUT2D eigenvalue weighted by atomic mass is 10.00. The van der Waals surface area contributed by atoms with Crippen LogP contribution < -0.4 is 36.7 Å². The number of fused-ring (bicyclic) bond motifs is 2. The summed E-state index contributed by atoms with van der Waals surface area (Å²) >= 11 is 1.68. The number of anilines is 1. The van der Waals surface area contributed by atoms with Gasteiger partial charge in [0.05, 0.1) is 40.6 Å². The van der Waals surface area contributed by atoms with E-state index in [1.165, 1.54) is 0 Å². The summed E-state index contributed by atoms with van der Waals surface area (Å²) < 4.78 is 13.9. The minimum absolute atomic E-state index is 0. The van der Waals surface area contributed by atoms with Crippen LogP contribution in [0.3, 0.4) is 0 Å². The molecule has 202 valence electrons. The van der Waals surface area contributed by atoms with E-state index >= 15 is 0 Å². The van der Waals surface area contributed by atoms with Crippen molar-refractivity contribution in [2.75, 3.05) is 47.3 Å². The molecule has 0 saturated heterocycles. The minimum atomic E-state index is 0. The third-order valence-electron chi connectivity index (χ3n) is 6.57. The number of aromatic hydroxyl groups is 2. The van der Waals surface area contributed by atoms with E-state index in [1.54, 1.807) is 37.7 Å². The molecule has 0 bridgehead atoms. The van der Waals surface area contributed by atoms with E-state index in [-0.39, 0.29) is 23.9 Å². The lowest BCUT2D eigenvalue weighted by molar-refractivity contribution is -0.00000994. The van der Waals surface area contributed by atoms with Gasteiger partial charge in [-0.1, -0.05) is 12.1 Å². The van der Waals surface area contributed by atoms with Gasteiger partial charge in [0.2, 0.25) is 5.36 Å². The van der Waals surface area contributed by atoms with Gasteiger partial charge in [-0.3, -0.25) is 0 Å². The van der Waals surface area contributed by atoms with E-state index in [0.29, 0.717) is 11.5 Å². The predicted molar refractivity (Wildman–Crippen MR) is 155 cm³/mol. The van der Waals surface area contributed by atoms with E-state index in [0.717, 1.165) is 54.1 Å². The van der Waals surface area contributed by atoms with E-state index in [4.69, 9.17) is 14.5 Å². The van der Waals surface area contributed by atoms with Gasteiger partial charge < -0.3 is 37.0 Å². The number of methoxy groups -OCH3 is 2. The molecule has 39 heavy (non-hydrogen) atoms. The highest BCUT2D eigenvalue weighted by molar-refractivity contribution is 7.22. The predicted octanol–water partition coefficient (Wildman–Crippen LogP) is 2.27. The van der Waals surface area contributed by atoms with Crippen molar-refractivity contribution in [2.45, 2.75) is 0 Å². The Morgan fingerprint density at radius 3 is 2.03 bits per heavy atom. The van der Waals surface area contributed by atoms with Gasteiger partial charge >= 0.3 is 0 Å². The standard InChI is InChI=1S/C30H29N3O4S.ClH/c1-32(2)22-10-9-20-30(29(22)18-8-12-25(35)27(14-18)37-6)38-28-16-23(33(3)4)19(15-21(28)31-20)17-7-11-24(34)26(13-17)36-5;/h7-16H,1-6H3,(H-,31,34,35);1H. The van der Waals surface area contributed by atoms with Gasteiger partial charge in [-0.15, -0.1) is 11.3 Å². The Balaban J connectivity index is 0.00000353. The lowest BCUT2D eigenvalue weighted by Crippen LogP contribution is -3.00. The Bertz CT molecular complexity index is 1730. The van der Waals surface area contributed by atoms with Crippen LogP contribution in [0, 0.1) is 0 Å². The number of aromatic nitrogens is 1. The molecular formula is C30H30ClN3O4S. The van der Waals surface area contributed by atoms with E-state index in [2.05, 4.69) is 27.7 Å². The molecule has 0 amide bonds. The van der Waals surface area contributed by atoms with Crippen LogP contribution in [-0.4, -0.2) is 57.6 Å². The van der Waals surface area contributed by atoms with Crippen LogP contribution in [0.1, 0.15) is 0 Å². The molecule has 2 aliphatic rings. The van der Waals surface area contributed by atoms with E-state index < -0.39 is 0 Å². The highest BCUT2D eigenvalue weighted by atomic mass is 35.5. The van der Waals surface area contributed by atoms with E-state index in [1.807, 2.05) is 58.5 Å². The summed E-state index contributed by atoms with van der Waals surface area (Å²) in [5.41, 5.74) is 6.67. The van der Waals surface area contributed by atoms with Crippen LogP contribution in [0.25, 0.3) is 43.0 Å². The normalized spacial score (nSPS) is 10.8. The second kappa shape index (κ2) is 11.0. The number of benzene rings is 4. The summed E-state index contributed by atoms with van der Waals surface area (Å²) in [5.74, 6) is 1.05. The number of phenols is 2. The highest BCUT2D eigenvalue weighted by Gasteiger charge is 2.21. The molecule has 0 aromatic heterocycles. The summed E-state index contributed by atoms with van der Waals surface area (Å²) in [5, 5.41) is 21.3. The Morgan fingerprint density at radius 1 is 0.821 bits per heavy atom. The topological polar surface area (TPSA) is 78.1 Å². The molecule has 0 spiro atoms. The SMILES string of the molecule is COc1cc(-c2cc3nc4ccc(=[N+](C)C)c(-c5ccc(O)c(OC)c5)c-4sc3cc2N(C)C)ccc1O.[Cl-]. The van der Waals surface area contributed by atoms with Crippen molar-refractivity contribution in [1.29, 1.82) is 0 Å². The lowest BCUT2D eigenvalue weighted by Gasteiger charge is -2.20. The smallest absolute Gasteiger partial charge is 0.208 e. The summed E-state index contributed by atoms with van der Waals surface area (Å²) in [7, 11) is 11.2.